The molecule has 0 aromatic carbocycles. The Hall–Kier alpha value is -1.90. The highest BCUT2D eigenvalue weighted by Gasteiger charge is 2.06. The predicted octanol–water partition coefficient (Wildman–Crippen LogP) is 6.37. The van der Waals surface area contributed by atoms with Gasteiger partial charge in [-0.3, -0.25) is 0 Å². The summed E-state index contributed by atoms with van der Waals surface area (Å²) in [6.07, 6.45) is 19.0. The fourth-order valence-electron chi connectivity index (χ4n) is 3.68. The SMILES string of the molecule is CCCCCCCC[n+]1ccc(-c2cc[n+](CCCCSc3nc(=S)[nH]c(=S)[nH]3)cc2)cc1. The maximum absolute atomic E-state index is 5.10. The van der Waals surface area contributed by atoms with Crippen LogP contribution in [0.1, 0.15) is 58.3 Å². The van der Waals surface area contributed by atoms with Gasteiger partial charge in [-0.2, -0.15) is 4.98 Å². The number of H-pyrrole nitrogens is 2. The van der Waals surface area contributed by atoms with Gasteiger partial charge in [-0.25, -0.2) is 9.13 Å². The third kappa shape index (κ3) is 9.47. The first kappa shape index (κ1) is 25.7. The number of pyridine rings is 2. The number of thioether (sulfide) groups is 1. The van der Waals surface area contributed by atoms with E-state index in [0.29, 0.717) is 9.54 Å². The average Bonchev–Trinajstić information content (AvgIpc) is 2.81. The van der Waals surface area contributed by atoms with Crippen molar-refractivity contribution < 1.29 is 9.13 Å². The van der Waals surface area contributed by atoms with Crippen LogP contribution < -0.4 is 9.13 Å². The lowest BCUT2D eigenvalue weighted by molar-refractivity contribution is -0.697. The van der Waals surface area contributed by atoms with E-state index in [9.17, 15) is 0 Å². The van der Waals surface area contributed by atoms with E-state index in [1.807, 2.05) is 0 Å². The third-order valence-corrected chi connectivity index (χ3v) is 6.94. The number of hydrogen-bond acceptors (Lipinski definition) is 4. The minimum absolute atomic E-state index is 0.433. The Balaban J connectivity index is 1.37. The lowest BCUT2D eigenvalue weighted by Crippen LogP contribution is -2.33. The number of aromatic nitrogens is 5. The van der Waals surface area contributed by atoms with Crippen LogP contribution in [0, 0.1) is 9.54 Å². The molecule has 3 aromatic rings. The number of nitrogens with one attached hydrogen (secondary N) is 2. The molecular formula is C25H35N5S3+2. The van der Waals surface area contributed by atoms with Crippen LogP contribution in [0.4, 0.5) is 0 Å². The largest absolute Gasteiger partial charge is 0.311 e. The summed E-state index contributed by atoms with van der Waals surface area (Å²) in [7, 11) is 0. The molecule has 3 heterocycles. The van der Waals surface area contributed by atoms with E-state index in [1.165, 1.54) is 49.7 Å². The van der Waals surface area contributed by atoms with Crippen molar-refractivity contribution in [1.82, 2.24) is 15.0 Å². The van der Waals surface area contributed by atoms with E-state index < -0.39 is 0 Å². The molecule has 0 saturated heterocycles. The van der Waals surface area contributed by atoms with Gasteiger partial charge in [0, 0.05) is 42.9 Å². The number of rotatable bonds is 14. The van der Waals surface area contributed by atoms with Crippen LogP contribution in [-0.2, 0) is 13.1 Å². The van der Waals surface area contributed by atoms with Crippen LogP contribution in [0.25, 0.3) is 11.1 Å². The molecule has 0 radical (unpaired) electrons. The van der Waals surface area contributed by atoms with Crippen molar-refractivity contribution in [2.45, 2.75) is 76.5 Å². The normalized spacial score (nSPS) is 11.1. The van der Waals surface area contributed by atoms with Crippen LogP contribution >= 0.6 is 36.2 Å². The Labute approximate surface area is 211 Å². The number of aromatic amines is 2. The predicted molar refractivity (Wildman–Crippen MR) is 140 cm³/mol. The molecule has 3 rings (SSSR count). The van der Waals surface area contributed by atoms with E-state index in [0.717, 1.165) is 36.8 Å². The maximum atomic E-state index is 5.10. The van der Waals surface area contributed by atoms with Gasteiger partial charge < -0.3 is 9.97 Å². The summed E-state index contributed by atoms with van der Waals surface area (Å²) in [6, 6.07) is 8.86. The van der Waals surface area contributed by atoms with Crippen molar-refractivity contribution in [2.24, 2.45) is 0 Å². The van der Waals surface area contributed by atoms with Gasteiger partial charge in [-0.1, -0.05) is 44.4 Å². The van der Waals surface area contributed by atoms with E-state index in [1.54, 1.807) is 11.8 Å². The van der Waals surface area contributed by atoms with Crippen LogP contribution in [-0.4, -0.2) is 20.7 Å². The second-order valence-corrected chi connectivity index (χ2v) is 10.2. The lowest BCUT2D eigenvalue weighted by atomic mass is 10.1. The molecule has 0 fully saturated rings. The molecule has 0 amide bonds. The first-order valence-corrected chi connectivity index (χ1v) is 13.8. The topological polar surface area (TPSA) is 52.2 Å². The Morgan fingerprint density at radius 1 is 0.758 bits per heavy atom. The molecule has 0 aliphatic heterocycles. The molecule has 176 valence electrons. The molecule has 5 nitrogen and oxygen atoms in total. The lowest BCUT2D eigenvalue weighted by Gasteiger charge is -2.03. The second-order valence-electron chi connectivity index (χ2n) is 8.27. The summed E-state index contributed by atoms with van der Waals surface area (Å²) < 4.78 is 5.51. The molecule has 0 bridgehead atoms. The molecule has 2 N–H and O–H groups in total. The zero-order valence-electron chi connectivity index (χ0n) is 19.5. The maximum Gasteiger partial charge on any atom is 0.201 e. The van der Waals surface area contributed by atoms with Gasteiger partial charge >= 0.3 is 0 Å². The van der Waals surface area contributed by atoms with Crippen LogP contribution in [0.15, 0.2) is 54.2 Å². The molecule has 0 atom stereocenters. The molecule has 0 spiro atoms. The molecule has 0 aliphatic rings. The van der Waals surface area contributed by atoms with Gasteiger partial charge in [-0.15, -0.1) is 0 Å². The molecule has 33 heavy (non-hydrogen) atoms. The minimum Gasteiger partial charge on any atom is -0.311 e. The van der Waals surface area contributed by atoms with Gasteiger partial charge in [0.1, 0.15) is 13.1 Å². The van der Waals surface area contributed by atoms with Crippen molar-refractivity contribution in [2.75, 3.05) is 5.75 Å². The second kappa shape index (κ2) is 14.4. The Bertz CT molecular complexity index is 1050. The fraction of sp³-hybridized carbons (Fsp3) is 0.480. The highest BCUT2D eigenvalue weighted by atomic mass is 32.2. The number of aryl methyl sites for hydroxylation is 2. The van der Waals surface area contributed by atoms with Crippen molar-refractivity contribution in [1.29, 1.82) is 0 Å². The van der Waals surface area contributed by atoms with Crippen molar-refractivity contribution in [3.8, 4) is 11.1 Å². The number of nitrogens with zero attached hydrogens (tertiary/aromatic N) is 3. The first-order chi connectivity index (χ1) is 16.1. The van der Waals surface area contributed by atoms with E-state index in [4.69, 9.17) is 24.4 Å². The Morgan fingerprint density at radius 3 is 1.88 bits per heavy atom. The first-order valence-electron chi connectivity index (χ1n) is 12.0. The minimum atomic E-state index is 0.433. The zero-order valence-corrected chi connectivity index (χ0v) is 21.9. The van der Waals surface area contributed by atoms with Gasteiger partial charge in [-0.05, 0) is 48.4 Å². The fourth-order valence-corrected chi connectivity index (χ4v) is 5.13. The summed E-state index contributed by atoms with van der Waals surface area (Å²) in [4.78, 5) is 10.1. The van der Waals surface area contributed by atoms with Crippen molar-refractivity contribution >= 4 is 36.2 Å². The van der Waals surface area contributed by atoms with E-state index in [-0.39, 0.29) is 0 Å². The molecule has 0 saturated carbocycles. The Kier molecular flexibility index (Phi) is 11.2. The summed E-state index contributed by atoms with van der Waals surface area (Å²) in [6.45, 7) is 4.38. The van der Waals surface area contributed by atoms with Gasteiger partial charge in [0.15, 0.2) is 34.7 Å². The molecule has 0 aliphatic carbocycles. The summed E-state index contributed by atoms with van der Waals surface area (Å²) in [5, 5.41) is 0.789. The monoisotopic (exact) mass is 501 g/mol. The summed E-state index contributed by atoms with van der Waals surface area (Å²) in [5.41, 5.74) is 2.53. The van der Waals surface area contributed by atoms with Crippen LogP contribution in [0.3, 0.4) is 0 Å². The standard InChI is InChI=1S/C25H33N5S3/c1-2-3-4-5-6-7-14-29-16-10-21(11-17-29)22-12-18-30(19-13-22)15-8-9-20-33-25-27-23(31)26-24(32)28-25/h10-13,16-19H,2-9,14-15,20H2,1H3/p+2. The van der Waals surface area contributed by atoms with E-state index in [2.05, 4.69) is 80.1 Å². The van der Waals surface area contributed by atoms with Crippen molar-refractivity contribution in [3.05, 3.63) is 58.6 Å². The zero-order chi connectivity index (χ0) is 23.3. The Morgan fingerprint density at radius 2 is 1.30 bits per heavy atom. The highest BCUT2D eigenvalue weighted by Crippen LogP contribution is 2.16. The average molecular weight is 502 g/mol. The molecule has 0 unspecified atom stereocenters. The quantitative estimate of drug-likeness (QED) is 0.117. The van der Waals surface area contributed by atoms with Crippen molar-refractivity contribution in [3.63, 3.8) is 0 Å². The third-order valence-electron chi connectivity index (χ3n) is 5.58. The number of hydrogen-bond donors (Lipinski definition) is 2. The van der Waals surface area contributed by atoms with Crippen LogP contribution in [0.2, 0.25) is 0 Å². The van der Waals surface area contributed by atoms with Gasteiger partial charge in [0.2, 0.25) is 4.77 Å². The summed E-state index contributed by atoms with van der Waals surface area (Å²) in [5.74, 6) is 0.985. The van der Waals surface area contributed by atoms with Gasteiger partial charge in [0.25, 0.3) is 0 Å². The number of unbranched alkanes of at least 4 members (excludes halogenated alkanes) is 6. The van der Waals surface area contributed by atoms with Gasteiger partial charge in [0.05, 0.1) is 0 Å². The molecule has 8 heteroatoms. The molecular weight excluding hydrogens is 467 g/mol. The highest BCUT2D eigenvalue weighted by molar-refractivity contribution is 7.99. The van der Waals surface area contributed by atoms with Crippen LogP contribution in [0.5, 0.6) is 0 Å². The molecule has 3 aromatic heterocycles. The summed E-state index contributed by atoms with van der Waals surface area (Å²) >= 11 is 11.8. The van der Waals surface area contributed by atoms with E-state index >= 15 is 0 Å². The smallest absolute Gasteiger partial charge is 0.201 e.